The highest BCUT2D eigenvalue weighted by atomic mass is 35.5. The molecule has 3 rings (SSSR count). The van der Waals surface area contributed by atoms with E-state index in [1.807, 2.05) is 37.3 Å². The van der Waals surface area contributed by atoms with Gasteiger partial charge in [-0.25, -0.2) is 0 Å². The number of carbonyl (C=O) groups excluding carboxylic acids is 2. The van der Waals surface area contributed by atoms with Gasteiger partial charge in [0.15, 0.2) is 5.60 Å². The molecule has 0 bridgehead atoms. The summed E-state index contributed by atoms with van der Waals surface area (Å²) in [5.41, 5.74) is 0.277. The van der Waals surface area contributed by atoms with Gasteiger partial charge in [-0.15, -0.1) is 12.4 Å². The molecule has 2 aromatic rings. The number of carbonyl (C=O) groups is 2. The molecule has 0 saturated heterocycles. The molecule has 0 radical (unpaired) electrons. The monoisotopic (exact) mass is 446 g/mol. The molecule has 7 nitrogen and oxygen atoms in total. The second-order valence-electron chi connectivity index (χ2n) is 8.26. The molecule has 168 valence electrons. The fourth-order valence-corrected chi connectivity index (χ4v) is 3.27. The summed E-state index contributed by atoms with van der Waals surface area (Å²) in [7, 11) is 1.72. The maximum absolute atomic E-state index is 13.5. The fraction of sp³-hybridized carbons (Fsp3) is 0.435. The van der Waals surface area contributed by atoms with Crippen molar-refractivity contribution in [3.63, 3.8) is 0 Å². The number of fused-ring (bicyclic) bond motifs is 1. The van der Waals surface area contributed by atoms with Gasteiger partial charge in [0.25, 0.3) is 5.91 Å². The number of nitrogens with zero attached hydrogens (tertiary/aromatic N) is 2. The van der Waals surface area contributed by atoms with Gasteiger partial charge in [0.1, 0.15) is 11.5 Å². The minimum Gasteiger partial charge on any atom is -0.460 e. The third kappa shape index (κ3) is 5.35. The standard InChI is InChI=1S/C23H30N4O3.ClH/c1-15(2)13-14-23(4)22(29)27(17-9-7-6-8-10-17)18-11-12-19(26-21(18)30-23)25-20(28)16(3)24-5;/h6-12,15-16,24H,13-14H2,1-5H3,(H,25,26,28);1H/t16-,23?;/m0./s1. The Morgan fingerprint density at radius 1 is 1.16 bits per heavy atom. The third-order valence-corrected chi connectivity index (χ3v) is 5.35. The Balaban J connectivity index is 0.00000341. The largest absolute Gasteiger partial charge is 0.460 e. The lowest BCUT2D eigenvalue weighted by molar-refractivity contribution is -0.134. The minimum absolute atomic E-state index is 0. The summed E-state index contributed by atoms with van der Waals surface area (Å²) in [6.07, 6.45) is 1.41. The first-order chi connectivity index (χ1) is 14.2. The van der Waals surface area contributed by atoms with E-state index in [9.17, 15) is 9.59 Å². The molecular weight excluding hydrogens is 416 g/mol. The average Bonchev–Trinajstić information content (AvgIpc) is 2.73. The Hall–Kier alpha value is -2.64. The maximum Gasteiger partial charge on any atom is 0.275 e. The van der Waals surface area contributed by atoms with Gasteiger partial charge in [0, 0.05) is 5.69 Å². The number of aromatic nitrogens is 1. The summed E-state index contributed by atoms with van der Waals surface area (Å²) < 4.78 is 6.17. The summed E-state index contributed by atoms with van der Waals surface area (Å²) in [5, 5.41) is 5.69. The van der Waals surface area contributed by atoms with Crippen LogP contribution in [0.1, 0.15) is 40.5 Å². The first kappa shape index (κ1) is 24.6. The van der Waals surface area contributed by atoms with Crippen LogP contribution in [0.3, 0.4) is 0 Å². The van der Waals surface area contributed by atoms with Crippen molar-refractivity contribution in [3.05, 3.63) is 42.5 Å². The topological polar surface area (TPSA) is 83.6 Å². The zero-order valence-corrected chi connectivity index (χ0v) is 19.5. The van der Waals surface area contributed by atoms with Crippen LogP contribution in [-0.4, -0.2) is 35.5 Å². The zero-order valence-electron chi connectivity index (χ0n) is 18.6. The quantitative estimate of drug-likeness (QED) is 0.662. The van der Waals surface area contributed by atoms with E-state index in [1.165, 1.54) is 0 Å². The van der Waals surface area contributed by atoms with Crippen LogP contribution in [0.5, 0.6) is 5.88 Å². The van der Waals surface area contributed by atoms with E-state index in [0.29, 0.717) is 29.7 Å². The Labute approximate surface area is 190 Å². The van der Waals surface area contributed by atoms with Crippen molar-refractivity contribution in [3.8, 4) is 5.88 Å². The number of benzene rings is 1. The zero-order chi connectivity index (χ0) is 21.9. The van der Waals surface area contributed by atoms with Crippen molar-refractivity contribution in [2.45, 2.75) is 52.2 Å². The number of hydrogen-bond acceptors (Lipinski definition) is 5. The Bertz CT molecular complexity index is 922. The maximum atomic E-state index is 13.5. The van der Waals surface area contributed by atoms with Gasteiger partial charge in [0.05, 0.1) is 6.04 Å². The molecular formula is C23H31ClN4O3. The second kappa shape index (κ2) is 10.1. The number of ether oxygens (including phenoxy) is 1. The minimum atomic E-state index is -1.04. The predicted octanol–water partition coefficient (Wildman–Crippen LogP) is 4.30. The first-order valence-electron chi connectivity index (χ1n) is 10.3. The fourth-order valence-electron chi connectivity index (χ4n) is 3.27. The van der Waals surface area contributed by atoms with Crippen LogP contribution in [0.25, 0.3) is 0 Å². The van der Waals surface area contributed by atoms with E-state index in [0.717, 1.165) is 12.1 Å². The molecule has 0 aliphatic carbocycles. The summed E-state index contributed by atoms with van der Waals surface area (Å²) in [6, 6.07) is 12.6. The summed E-state index contributed by atoms with van der Waals surface area (Å²) >= 11 is 0. The molecule has 2 atom stereocenters. The number of anilines is 3. The smallest absolute Gasteiger partial charge is 0.275 e. The van der Waals surface area contributed by atoms with Gasteiger partial charge in [-0.05, 0) is 63.9 Å². The number of rotatable bonds is 7. The van der Waals surface area contributed by atoms with Crippen LogP contribution in [0.15, 0.2) is 42.5 Å². The van der Waals surface area contributed by atoms with E-state index in [2.05, 4.69) is 29.5 Å². The summed E-state index contributed by atoms with van der Waals surface area (Å²) in [5.74, 6) is 0.837. The highest BCUT2D eigenvalue weighted by molar-refractivity contribution is 6.08. The molecule has 2 N–H and O–H groups in total. The number of hydrogen-bond donors (Lipinski definition) is 2. The number of para-hydroxylation sites is 1. The van der Waals surface area contributed by atoms with Crippen LogP contribution < -0.4 is 20.3 Å². The van der Waals surface area contributed by atoms with Crippen molar-refractivity contribution in [2.75, 3.05) is 17.3 Å². The molecule has 1 unspecified atom stereocenters. The lowest BCUT2D eigenvalue weighted by atomic mass is 9.92. The van der Waals surface area contributed by atoms with Gasteiger partial charge >= 0.3 is 0 Å². The van der Waals surface area contributed by atoms with Gasteiger partial charge in [0.2, 0.25) is 11.8 Å². The van der Waals surface area contributed by atoms with Crippen molar-refractivity contribution in [2.24, 2.45) is 5.92 Å². The van der Waals surface area contributed by atoms with E-state index >= 15 is 0 Å². The Kier molecular flexibility index (Phi) is 8.03. The first-order valence-corrected chi connectivity index (χ1v) is 10.3. The number of nitrogens with one attached hydrogen (secondary N) is 2. The van der Waals surface area contributed by atoms with E-state index in [-0.39, 0.29) is 30.3 Å². The van der Waals surface area contributed by atoms with Gasteiger partial charge in [-0.3, -0.25) is 14.5 Å². The van der Waals surface area contributed by atoms with Gasteiger partial charge < -0.3 is 15.4 Å². The molecule has 0 fully saturated rings. The van der Waals surface area contributed by atoms with Crippen molar-refractivity contribution >= 4 is 41.4 Å². The molecule has 1 aromatic heterocycles. The molecule has 0 saturated carbocycles. The number of pyridine rings is 1. The second-order valence-corrected chi connectivity index (χ2v) is 8.26. The lowest BCUT2D eigenvalue weighted by Gasteiger charge is -2.40. The lowest BCUT2D eigenvalue weighted by Crippen LogP contribution is -2.53. The van der Waals surface area contributed by atoms with Crippen LogP contribution >= 0.6 is 12.4 Å². The number of halogens is 1. The molecule has 31 heavy (non-hydrogen) atoms. The SMILES string of the molecule is CN[C@@H](C)C(=O)Nc1ccc2c(n1)OC(C)(CCC(C)C)C(=O)N2c1ccccc1.Cl. The van der Waals surface area contributed by atoms with Crippen LogP contribution in [0.2, 0.25) is 0 Å². The molecule has 2 heterocycles. The average molecular weight is 447 g/mol. The molecule has 2 amide bonds. The highest BCUT2D eigenvalue weighted by Crippen LogP contribution is 2.43. The molecule has 0 spiro atoms. The normalized spacial score (nSPS) is 18.6. The molecule has 8 heteroatoms. The van der Waals surface area contributed by atoms with Crippen molar-refractivity contribution in [1.82, 2.24) is 10.3 Å². The number of amides is 2. The van der Waals surface area contributed by atoms with E-state index < -0.39 is 5.60 Å². The van der Waals surface area contributed by atoms with E-state index in [4.69, 9.17) is 4.74 Å². The molecule has 1 aliphatic heterocycles. The van der Waals surface area contributed by atoms with Crippen LogP contribution in [0.4, 0.5) is 17.2 Å². The molecule has 1 aromatic carbocycles. The number of likely N-dealkylation sites (N-methyl/N-ethyl adjacent to an activating group) is 1. The van der Waals surface area contributed by atoms with Crippen LogP contribution in [-0.2, 0) is 9.59 Å². The summed E-state index contributed by atoms with van der Waals surface area (Å²) in [6.45, 7) is 7.82. The Morgan fingerprint density at radius 3 is 2.45 bits per heavy atom. The van der Waals surface area contributed by atoms with Crippen molar-refractivity contribution in [1.29, 1.82) is 0 Å². The van der Waals surface area contributed by atoms with E-state index in [1.54, 1.807) is 31.0 Å². The third-order valence-electron chi connectivity index (χ3n) is 5.35. The molecule has 1 aliphatic rings. The Morgan fingerprint density at radius 2 is 1.84 bits per heavy atom. The van der Waals surface area contributed by atoms with Crippen LogP contribution in [0, 0.1) is 5.92 Å². The van der Waals surface area contributed by atoms with Gasteiger partial charge in [-0.2, -0.15) is 4.98 Å². The van der Waals surface area contributed by atoms with Crippen molar-refractivity contribution < 1.29 is 14.3 Å². The summed E-state index contributed by atoms with van der Waals surface area (Å²) in [4.78, 5) is 31.9. The highest BCUT2D eigenvalue weighted by Gasteiger charge is 2.45. The predicted molar refractivity (Wildman–Crippen MR) is 125 cm³/mol. The van der Waals surface area contributed by atoms with Gasteiger partial charge in [-0.1, -0.05) is 32.0 Å².